The fourth-order valence-electron chi connectivity index (χ4n) is 3.60. The van der Waals surface area contributed by atoms with Crippen molar-refractivity contribution in [2.45, 2.75) is 18.2 Å². The summed E-state index contributed by atoms with van der Waals surface area (Å²) in [5, 5.41) is 0. The van der Waals surface area contributed by atoms with Crippen molar-refractivity contribution in [3.63, 3.8) is 0 Å². The first-order valence-electron chi connectivity index (χ1n) is 10.1. The SMILES string of the molecule is Cc1c(CCOC(=O)n2ccnc2)cc(-c2ccc(S(C)(=O)=O)cc2)n1-c1ccccc1. The number of carbonyl (C=O) groups excluding carboxylic acids is 1. The molecule has 0 bridgehead atoms. The highest BCUT2D eigenvalue weighted by Crippen LogP contribution is 2.30. The van der Waals surface area contributed by atoms with E-state index >= 15 is 0 Å². The average Bonchev–Trinajstić information content (AvgIpc) is 3.43. The third-order valence-electron chi connectivity index (χ3n) is 5.26. The summed E-state index contributed by atoms with van der Waals surface area (Å²) in [6, 6.07) is 18.9. The van der Waals surface area contributed by atoms with Crippen molar-refractivity contribution in [1.82, 2.24) is 14.1 Å². The topological polar surface area (TPSA) is 83.2 Å². The van der Waals surface area contributed by atoms with Crippen LogP contribution in [-0.2, 0) is 21.0 Å². The molecule has 0 aliphatic heterocycles. The summed E-state index contributed by atoms with van der Waals surface area (Å²) in [5.74, 6) is 0. The molecule has 0 aliphatic carbocycles. The van der Waals surface area contributed by atoms with E-state index in [9.17, 15) is 13.2 Å². The fourth-order valence-corrected chi connectivity index (χ4v) is 4.23. The van der Waals surface area contributed by atoms with E-state index in [1.807, 2.05) is 49.4 Å². The molecule has 32 heavy (non-hydrogen) atoms. The minimum absolute atomic E-state index is 0.225. The first kappa shape index (κ1) is 21.6. The van der Waals surface area contributed by atoms with Crippen molar-refractivity contribution in [3.05, 3.63) is 90.6 Å². The lowest BCUT2D eigenvalue weighted by molar-refractivity contribution is 0.149. The maximum atomic E-state index is 12.1. The second-order valence-corrected chi connectivity index (χ2v) is 9.46. The van der Waals surface area contributed by atoms with Gasteiger partial charge in [-0.2, -0.15) is 0 Å². The van der Waals surface area contributed by atoms with Gasteiger partial charge in [-0.05, 0) is 48.4 Å². The first-order chi connectivity index (χ1) is 15.3. The van der Waals surface area contributed by atoms with Crippen LogP contribution in [0, 0.1) is 6.92 Å². The largest absolute Gasteiger partial charge is 0.449 e. The highest BCUT2D eigenvalue weighted by molar-refractivity contribution is 7.90. The highest BCUT2D eigenvalue weighted by atomic mass is 32.2. The third kappa shape index (κ3) is 4.50. The van der Waals surface area contributed by atoms with E-state index < -0.39 is 15.9 Å². The van der Waals surface area contributed by atoms with E-state index in [1.165, 1.54) is 29.5 Å². The Morgan fingerprint density at radius 1 is 1.06 bits per heavy atom. The number of ether oxygens (including phenoxy) is 1. The van der Waals surface area contributed by atoms with E-state index in [0.29, 0.717) is 6.42 Å². The maximum absolute atomic E-state index is 12.1. The number of hydrogen-bond donors (Lipinski definition) is 0. The zero-order chi connectivity index (χ0) is 22.7. The summed E-state index contributed by atoms with van der Waals surface area (Å²) in [6.07, 6.45) is 5.73. The molecule has 0 radical (unpaired) electrons. The average molecular weight is 450 g/mol. The monoisotopic (exact) mass is 449 g/mol. The van der Waals surface area contributed by atoms with Gasteiger partial charge in [0.05, 0.1) is 17.2 Å². The Morgan fingerprint density at radius 2 is 1.78 bits per heavy atom. The van der Waals surface area contributed by atoms with Crippen molar-refractivity contribution >= 4 is 15.9 Å². The molecule has 2 aromatic carbocycles. The van der Waals surface area contributed by atoms with Gasteiger partial charge < -0.3 is 9.30 Å². The van der Waals surface area contributed by atoms with E-state index in [4.69, 9.17) is 4.74 Å². The molecule has 4 rings (SSSR count). The quantitative estimate of drug-likeness (QED) is 0.439. The van der Waals surface area contributed by atoms with Crippen LogP contribution >= 0.6 is 0 Å². The van der Waals surface area contributed by atoms with Gasteiger partial charge in [-0.1, -0.05) is 30.3 Å². The van der Waals surface area contributed by atoms with Crippen molar-refractivity contribution < 1.29 is 17.9 Å². The smallest absolute Gasteiger partial charge is 0.419 e. The summed E-state index contributed by atoms with van der Waals surface area (Å²) in [5.41, 5.74) is 4.89. The molecular formula is C24H23N3O4S. The molecule has 2 aromatic heterocycles. The number of benzene rings is 2. The first-order valence-corrected chi connectivity index (χ1v) is 12.0. The zero-order valence-corrected chi connectivity index (χ0v) is 18.6. The van der Waals surface area contributed by atoms with Gasteiger partial charge in [0.25, 0.3) is 0 Å². The molecular weight excluding hydrogens is 426 g/mol. The third-order valence-corrected chi connectivity index (χ3v) is 6.39. The van der Waals surface area contributed by atoms with Crippen LogP contribution in [0.1, 0.15) is 11.3 Å². The van der Waals surface area contributed by atoms with Crippen molar-refractivity contribution in [3.8, 4) is 16.9 Å². The Balaban J connectivity index is 1.65. The van der Waals surface area contributed by atoms with Gasteiger partial charge in [0, 0.05) is 36.5 Å². The van der Waals surface area contributed by atoms with Crippen LogP contribution in [0.5, 0.6) is 0 Å². The van der Waals surface area contributed by atoms with Gasteiger partial charge in [0.15, 0.2) is 9.84 Å². The molecule has 0 unspecified atom stereocenters. The minimum atomic E-state index is -3.27. The Labute approximate surface area is 186 Å². The molecule has 8 heteroatoms. The van der Waals surface area contributed by atoms with E-state index in [0.717, 1.165) is 28.2 Å². The molecule has 2 heterocycles. The van der Waals surface area contributed by atoms with E-state index in [2.05, 4.69) is 15.6 Å². The number of aromatic nitrogens is 3. The van der Waals surface area contributed by atoms with Crippen molar-refractivity contribution in [2.75, 3.05) is 12.9 Å². The number of nitrogens with zero attached hydrogens (tertiary/aromatic N) is 3. The van der Waals surface area contributed by atoms with Crippen LogP contribution in [0.2, 0.25) is 0 Å². The van der Waals surface area contributed by atoms with Crippen LogP contribution < -0.4 is 0 Å². The number of rotatable bonds is 6. The molecule has 0 saturated heterocycles. The number of carbonyl (C=O) groups is 1. The number of hydrogen-bond acceptors (Lipinski definition) is 5. The molecule has 0 aliphatic rings. The van der Waals surface area contributed by atoms with Crippen LogP contribution in [0.15, 0.2) is 84.3 Å². The van der Waals surface area contributed by atoms with Crippen LogP contribution in [0.25, 0.3) is 16.9 Å². The molecule has 4 aromatic rings. The molecule has 0 N–H and O–H groups in total. The van der Waals surface area contributed by atoms with Gasteiger partial charge in [-0.3, -0.25) is 0 Å². The van der Waals surface area contributed by atoms with Crippen LogP contribution in [-0.4, -0.2) is 41.5 Å². The number of sulfone groups is 1. The second kappa shape index (κ2) is 8.84. The summed E-state index contributed by atoms with van der Waals surface area (Å²) in [6.45, 7) is 2.25. The molecule has 0 fully saturated rings. The van der Waals surface area contributed by atoms with Gasteiger partial charge in [-0.15, -0.1) is 0 Å². The Hall–Kier alpha value is -3.65. The molecule has 0 saturated carbocycles. The Bertz CT molecular complexity index is 1320. The lowest BCUT2D eigenvalue weighted by Crippen LogP contribution is -2.13. The van der Waals surface area contributed by atoms with Gasteiger partial charge >= 0.3 is 6.09 Å². The number of para-hydroxylation sites is 1. The normalized spacial score (nSPS) is 11.4. The summed E-state index contributed by atoms with van der Waals surface area (Å²) < 4.78 is 32.5. The molecule has 0 spiro atoms. The fraction of sp³-hybridized carbons (Fsp3) is 0.167. The zero-order valence-electron chi connectivity index (χ0n) is 17.8. The van der Waals surface area contributed by atoms with Crippen LogP contribution in [0.4, 0.5) is 4.79 Å². The minimum Gasteiger partial charge on any atom is -0.449 e. The summed E-state index contributed by atoms with van der Waals surface area (Å²) >= 11 is 0. The number of imidazole rings is 1. The highest BCUT2D eigenvalue weighted by Gasteiger charge is 2.16. The molecule has 0 atom stereocenters. The molecule has 7 nitrogen and oxygen atoms in total. The van der Waals surface area contributed by atoms with Gasteiger partial charge in [-0.25, -0.2) is 22.8 Å². The predicted molar refractivity (Wildman–Crippen MR) is 122 cm³/mol. The lowest BCUT2D eigenvalue weighted by atomic mass is 10.1. The Morgan fingerprint density at radius 3 is 2.41 bits per heavy atom. The standard InChI is InChI=1S/C24H23N3O4S/c1-18-20(12-15-31-24(28)26-14-13-25-17-26)16-23(27(18)21-6-4-3-5-7-21)19-8-10-22(11-9-19)32(2,29)30/h3-11,13-14,16-17H,12,15H2,1-2H3. The van der Waals surface area contributed by atoms with E-state index in [1.54, 1.807) is 12.1 Å². The summed E-state index contributed by atoms with van der Waals surface area (Å²) in [4.78, 5) is 16.2. The summed E-state index contributed by atoms with van der Waals surface area (Å²) in [7, 11) is -3.27. The van der Waals surface area contributed by atoms with E-state index in [-0.39, 0.29) is 11.5 Å². The van der Waals surface area contributed by atoms with Crippen molar-refractivity contribution in [2.24, 2.45) is 0 Å². The second-order valence-electron chi connectivity index (χ2n) is 7.44. The molecule has 164 valence electrons. The van der Waals surface area contributed by atoms with Gasteiger partial charge in [0.2, 0.25) is 0 Å². The van der Waals surface area contributed by atoms with Crippen molar-refractivity contribution in [1.29, 1.82) is 0 Å². The predicted octanol–water partition coefficient (Wildman–Crippen LogP) is 4.28. The maximum Gasteiger partial charge on any atom is 0.419 e. The van der Waals surface area contributed by atoms with Crippen LogP contribution in [0.3, 0.4) is 0 Å². The lowest BCUT2D eigenvalue weighted by Gasteiger charge is -2.13. The van der Waals surface area contributed by atoms with Gasteiger partial charge in [0.1, 0.15) is 6.33 Å². The Kier molecular flexibility index (Phi) is 5.96. The molecule has 0 amide bonds.